The summed E-state index contributed by atoms with van der Waals surface area (Å²) in [5, 5.41) is 0. The van der Waals surface area contributed by atoms with Crippen LogP contribution in [0.2, 0.25) is 0 Å². The summed E-state index contributed by atoms with van der Waals surface area (Å²) >= 11 is 0. The Labute approximate surface area is 215 Å². The molecule has 1 atom stereocenters. The number of nitrogens with zero attached hydrogens (tertiary/aromatic N) is 2. The molecule has 3 rings (SSSR count). The molecule has 0 amide bonds. The van der Waals surface area contributed by atoms with Crippen LogP contribution in [0.5, 0.6) is 5.75 Å². The minimum atomic E-state index is -1.99. The number of aryl methyl sites for hydroxylation is 1. The smallest absolute Gasteiger partial charge is 0.348 e. The van der Waals surface area contributed by atoms with E-state index in [1.54, 1.807) is 12.1 Å². The first-order valence-electron chi connectivity index (χ1n) is 13.4. The molecule has 1 unspecified atom stereocenters. The predicted octanol–water partition coefficient (Wildman–Crippen LogP) is 8.54. The molecule has 3 aromatic rings. The van der Waals surface area contributed by atoms with Gasteiger partial charge in [0, 0.05) is 18.0 Å². The van der Waals surface area contributed by atoms with E-state index in [2.05, 4.69) is 16.9 Å². The van der Waals surface area contributed by atoms with E-state index in [1.165, 1.54) is 32.6 Å². The second-order valence-electron chi connectivity index (χ2n) is 9.69. The van der Waals surface area contributed by atoms with Crippen LogP contribution in [0, 0.1) is 0 Å². The van der Waals surface area contributed by atoms with E-state index >= 15 is 0 Å². The first-order chi connectivity index (χ1) is 17.4. The van der Waals surface area contributed by atoms with Gasteiger partial charge in [-0.15, -0.1) is 0 Å². The summed E-state index contributed by atoms with van der Waals surface area (Å²) in [5.74, 6) is 0.168. The summed E-state index contributed by atoms with van der Waals surface area (Å²) in [5.41, 5.74) is 2.04. The van der Waals surface area contributed by atoms with Crippen LogP contribution < -0.4 is 4.74 Å². The molecule has 0 aliphatic heterocycles. The van der Waals surface area contributed by atoms with Crippen molar-refractivity contribution >= 4 is 5.97 Å². The van der Waals surface area contributed by atoms with Gasteiger partial charge in [0.05, 0.1) is 0 Å². The van der Waals surface area contributed by atoms with Crippen molar-refractivity contribution in [1.82, 2.24) is 9.97 Å². The van der Waals surface area contributed by atoms with Crippen molar-refractivity contribution in [2.45, 2.75) is 90.6 Å². The average Bonchev–Trinajstić information content (AvgIpc) is 2.89. The number of aromatic nitrogens is 2. The zero-order chi connectivity index (χ0) is 25.8. The fourth-order valence-corrected chi connectivity index (χ4v) is 4.21. The Hall–Kier alpha value is -3.08. The molecule has 0 fully saturated rings. The number of rotatable bonds is 14. The molecule has 4 nitrogen and oxygen atoms in total. The van der Waals surface area contributed by atoms with Gasteiger partial charge in [0.1, 0.15) is 5.75 Å². The van der Waals surface area contributed by atoms with Crippen LogP contribution in [0.1, 0.15) is 84.1 Å². The third-order valence-electron chi connectivity index (χ3n) is 6.49. The average molecular weight is 491 g/mol. The van der Waals surface area contributed by atoms with E-state index in [1.807, 2.05) is 55.7 Å². The van der Waals surface area contributed by atoms with Crippen LogP contribution in [-0.4, -0.2) is 21.6 Å². The largest absolute Gasteiger partial charge is 0.424 e. The van der Waals surface area contributed by atoms with Gasteiger partial charge in [-0.1, -0.05) is 88.8 Å². The van der Waals surface area contributed by atoms with Gasteiger partial charge in [-0.3, -0.25) is 0 Å². The Morgan fingerprint density at radius 1 is 0.833 bits per heavy atom. The number of carbonyl (C=O) groups excluding carboxylic acids is 1. The predicted molar refractivity (Wildman–Crippen MR) is 145 cm³/mol. The summed E-state index contributed by atoms with van der Waals surface area (Å²) in [6.07, 6.45) is 13.8. The summed E-state index contributed by atoms with van der Waals surface area (Å²) in [7, 11) is 0. The van der Waals surface area contributed by atoms with Gasteiger partial charge in [0.15, 0.2) is 5.82 Å². The van der Waals surface area contributed by atoms with Crippen molar-refractivity contribution in [2.24, 2.45) is 0 Å². The SMILES string of the molecule is CCCCCCCc1cnc(-c2ccccc2-c2ccc(OC(=O)C(C)(F)CCCCC)cc2)nc1. The summed E-state index contributed by atoms with van der Waals surface area (Å²) in [6.45, 7) is 5.57. The van der Waals surface area contributed by atoms with E-state index in [0.717, 1.165) is 47.9 Å². The molecule has 0 spiro atoms. The molecular formula is C31H39FN2O2. The summed E-state index contributed by atoms with van der Waals surface area (Å²) in [4.78, 5) is 21.6. The lowest BCUT2D eigenvalue weighted by molar-refractivity contribution is -0.147. The molecule has 0 N–H and O–H groups in total. The highest BCUT2D eigenvalue weighted by atomic mass is 19.1. The van der Waals surface area contributed by atoms with Gasteiger partial charge in [-0.25, -0.2) is 19.2 Å². The number of hydrogen-bond acceptors (Lipinski definition) is 4. The Morgan fingerprint density at radius 3 is 2.11 bits per heavy atom. The molecule has 0 saturated carbocycles. The standard InChI is InChI=1S/C31H39FN2O2/c1-4-6-8-9-10-14-24-22-33-29(34-23-24)28-16-12-11-15-27(28)25-17-19-26(20-18-25)36-30(35)31(3,32)21-13-7-5-2/h11-12,15-20,22-23H,4-10,13-14,21H2,1-3H3. The number of unbranched alkanes of at least 4 members (excludes halogenated alkanes) is 6. The van der Waals surface area contributed by atoms with E-state index < -0.39 is 11.6 Å². The van der Waals surface area contributed by atoms with Crippen molar-refractivity contribution in [3.05, 3.63) is 66.5 Å². The van der Waals surface area contributed by atoms with Crippen molar-refractivity contribution in [2.75, 3.05) is 0 Å². The Balaban J connectivity index is 1.67. The Morgan fingerprint density at radius 2 is 1.44 bits per heavy atom. The number of esters is 1. The lowest BCUT2D eigenvalue weighted by atomic mass is 9.99. The van der Waals surface area contributed by atoms with Gasteiger partial charge in [-0.2, -0.15) is 0 Å². The van der Waals surface area contributed by atoms with E-state index in [0.29, 0.717) is 18.0 Å². The number of alkyl halides is 1. The first kappa shape index (κ1) is 27.5. The topological polar surface area (TPSA) is 52.1 Å². The zero-order valence-electron chi connectivity index (χ0n) is 21.9. The highest BCUT2D eigenvalue weighted by molar-refractivity contribution is 5.82. The molecular weight excluding hydrogens is 451 g/mol. The molecule has 36 heavy (non-hydrogen) atoms. The van der Waals surface area contributed by atoms with Crippen LogP contribution in [0.25, 0.3) is 22.5 Å². The van der Waals surface area contributed by atoms with Crippen LogP contribution in [-0.2, 0) is 11.2 Å². The minimum Gasteiger partial charge on any atom is -0.424 e. The van der Waals surface area contributed by atoms with E-state index in [-0.39, 0.29) is 6.42 Å². The minimum absolute atomic E-state index is 0.169. The zero-order valence-corrected chi connectivity index (χ0v) is 21.9. The molecule has 5 heteroatoms. The fourth-order valence-electron chi connectivity index (χ4n) is 4.21. The second kappa shape index (κ2) is 13.9. The maximum absolute atomic E-state index is 14.7. The monoisotopic (exact) mass is 490 g/mol. The molecule has 0 aliphatic carbocycles. The van der Waals surface area contributed by atoms with Gasteiger partial charge in [0.2, 0.25) is 5.67 Å². The quantitative estimate of drug-likeness (QED) is 0.129. The molecule has 0 saturated heterocycles. The van der Waals surface area contributed by atoms with Crippen LogP contribution >= 0.6 is 0 Å². The molecule has 0 aliphatic rings. The number of hydrogen-bond donors (Lipinski definition) is 0. The third-order valence-corrected chi connectivity index (χ3v) is 6.49. The van der Waals surface area contributed by atoms with Crippen LogP contribution in [0.3, 0.4) is 0 Å². The number of carbonyl (C=O) groups is 1. The molecule has 1 aromatic heterocycles. The maximum atomic E-state index is 14.7. The molecule has 192 valence electrons. The number of benzene rings is 2. The Bertz CT molecular complexity index is 1080. The van der Waals surface area contributed by atoms with Gasteiger partial charge in [-0.05, 0) is 61.4 Å². The molecule has 0 radical (unpaired) electrons. The van der Waals surface area contributed by atoms with Crippen LogP contribution in [0.15, 0.2) is 60.9 Å². The third kappa shape index (κ3) is 7.97. The summed E-state index contributed by atoms with van der Waals surface area (Å²) in [6, 6.07) is 15.1. The maximum Gasteiger partial charge on any atom is 0.348 e. The highest BCUT2D eigenvalue weighted by Crippen LogP contribution is 2.31. The van der Waals surface area contributed by atoms with Gasteiger partial charge >= 0.3 is 5.97 Å². The van der Waals surface area contributed by atoms with E-state index in [4.69, 9.17) is 4.74 Å². The van der Waals surface area contributed by atoms with Crippen molar-refractivity contribution in [1.29, 1.82) is 0 Å². The number of halogens is 1. The Kier molecular flexibility index (Phi) is 10.6. The highest BCUT2D eigenvalue weighted by Gasteiger charge is 2.34. The molecule has 0 bridgehead atoms. The van der Waals surface area contributed by atoms with Gasteiger partial charge < -0.3 is 4.74 Å². The van der Waals surface area contributed by atoms with Crippen LogP contribution in [0.4, 0.5) is 4.39 Å². The lowest BCUT2D eigenvalue weighted by Gasteiger charge is -2.18. The van der Waals surface area contributed by atoms with E-state index in [9.17, 15) is 9.18 Å². The summed E-state index contributed by atoms with van der Waals surface area (Å²) < 4.78 is 20.1. The van der Waals surface area contributed by atoms with Crippen molar-refractivity contribution < 1.29 is 13.9 Å². The fraction of sp³-hybridized carbons (Fsp3) is 0.452. The van der Waals surface area contributed by atoms with Crippen molar-refractivity contribution in [3.63, 3.8) is 0 Å². The first-order valence-corrected chi connectivity index (χ1v) is 13.4. The lowest BCUT2D eigenvalue weighted by Crippen LogP contribution is -2.34. The second-order valence-corrected chi connectivity index (χ2v) is 9.69. The van der Waals surface area contributed by atoms with Crippen molar-refractivity contribution in [3.8, 4) is 28.3 Å². The normalized spacial score (nSPS) is 12.8. The molecule has 2 aromatic carbocycles. The van der Waals surface area contributed by atoms with Gasteiger partial charge in [0.25, 0.3) is 0 Å². The molecule has 1 heterocycles. The number of ether oxygens (including phenoxy) is 1.